The number of hydrogen-bond donors (Lipinski definition) is 0. The molecule has 0 N–H and O–H groups in total. The highest BCUT2D eigenvalue weighted by molar-refractivity contribution is 7.91. The van der Waals surface area contributed by atoms with Crippen LogP contribution in [0.25, 0.3) is 0 Å². The summed E-state index contributed by atoms with van der Waals surface area (Å²) < 4.78 is 26.9. The van der Waals surface area contributed by atoms with Crippen molar-refractivity contribution < 1.29 is 8.42 Å². The summed E-state index contributed by atoms with van der Waals surface area (Å²) in [5.41, 5.74) is 6.61. The van der Waals surface area contributed by atoms with Gasteiger partial charge in [0.25, 0.3) is 0 Å². The number of para-hydroxylation sites is 5. The van der Waals surface area contributed by atoms with Crippen LogP contribution in [0.1, 0.15) is 0 Å². The van der Waals surface area contributed by atoms with Gasteiger partial charge in [0.05, 0.1) is 9.79 Å². The van der Waals surface area contributed by atoms with Crippen molar-refractivity contribution in [1.82, 2.24) is 4.98 Å². The average molecular weight is 656 g/mol. The van der Waals surface area contributed by atoms with Crippen LogP contribution in [0.2, 0.25) is 0 Å². The fourth-order valence-electron chi connectivity index (χ4n) is 7.62. The van der Waals surface area contributed by atoms with E-state index in [0.717, 1.165) is 22.7 Å². The van der Waals surface area contributed by atoms with E-state index in [1.807, 2.05) is 12.1 Å². The number of rotatable bonds is 4. The van der Waals surface area contributed by atoms with E-state index >= 15 is 0 Å². The van der Waals surface area contributed by atoms with Crippen LogP contribution in [0, 0.1) is 0 Å². The third-order valence-corrected chi connectivity index (χ3v) is 16.2. The van der Waals surface area contributed by atoms with Gasteiger partial charge in [-0.3, -0.25) is 4.98 Å². The molecule has 1 spiro atoms. The highest BCUT2D eigenvalue weighted by atomic mass is 32.2. The van der Waals surface area contributed by atoms with Gasteiger partial charge in [-0.25, -0.2) is 8.42 Å². The van der Waals surface area contributed by atoms with Crippen LogP contribution < -0.4 is 30.5 Å². The van der Waals surface area contributed by atoms with E-state index < -0.39 is 17.9 Å². The number of hydrogen-bond acceptors (Lipinski definition) is 5. The molecule has 230 valence electrons. The maximum atomic E-state index is 13.4. The first kappa shape index (κ1) is 28.5. The van der Waals surface area contributed by atoms with E-state index in [2.05, 4.69) is 142 Å². The molecule has 0 amide bonds. The molecule has 0 radical (unpaired) electrons. The summed E-state index contributed by atoms with van der Waals surface area (Å²) in [6.45, 7) is 0. The third kappa shape index (κ3) is 4.01. The SMILES string of the molecule is O=S(=O)(c1ccc(N2c3ccccc3[Si]3(c4ccccc4N(c4ccccc4)c4ccccc43)c3ccccc32)cc1)c1cccnc1. The molecule has 9 rings (SSSR count). The van der Waals surface area contributed by atoms with Crippen LogP contribution >= 0.6 is 0 Å². The van der Waals surface area contributed by atoms with Gasteiger partial charge in [0, 0.05) is 46.5 Å². The molecule has 0 atom stereocenters. The van der Waals surface area contributed by atoms with Gasteiger partial charge in [-0.05, 0) is 93.5 Å². The molecule has 1 aromatic heterocycles. The van der Waals surface area contributed by atoms with Crippen LogP contribution in [-0.2, 0) is 9.84 Å². The predicted octanol–water partition coefficient (Wildman–Crippen LogP) is 6.86. The van der Waals surface area contributed by atoms with Crippen molar-refractivity contribution in [3.05, 3.63) is 176 Å². The molecule has 0 saturated carbocycles. The van der Waals surface area contributed by atoms with Crippen molar-refractivity contribution in [3.8, 4) is 0 Å². The smallest absolute Gasteiger partial charge is 0.208 e. The van der Waals surface area contributed by atoms with E-state index in [9.17, 15) is 8.42 Å². The summed E-state index contributed by atoms with van der Waals surface area (Å²) in [7, 11) is -6.58. The summed E-state index contributed by atoms with van der Waals surface area (Å²) in [4.78, 5) is 9.14. The van der Waals surface area contributed by atoms with Crippen molar-refractivity contribution >= 4 is 72.8 Å². The Kier molecular flexibility index (Phi) is 6.47. The Morgan fingerprint density at radius 3 is 1.27 bits per heavy atom. The topological polar surface area (TPSA) is 53.5 Å². The molecule has 0 fully saturated rings. The maximum absolute atomic E-state index is 13.4. The van der Waals surface area contributed by atoms with Gasteiger partial charge in [-0.2, -0.15) is 0 Å². The van der Waals surface area contributed by atoms with Gasteiger partial charge >= 0.3 is 0 Å². The minimum Gasteiger partial charge on any atom is -0.311 e. The molecule has 7 heteroatoms. The zero-order valence-corrected chi connectivity index (χ0v) is 27.6. The van der Waals surface area contributed by atoms with Crippen LogP contribution in [0.4, 0.5) is 34.1 Å². The van der Waals surface area contributed by atoms with Gasteiger partial charge in [0.15, 0.2) is 8.07 Å². The Hall–Kier alpha value is -5.76. The van der Waals surface area contributed by atoms with Gasteiger partial charge in [0.2, 0.25) is 9.84 Å². The minimum absolute atomic E-state index is 0.179. The lowest BCUT2D eigenvalue weighted by Gasteiger charge is -2.50. The van der Waals surface area contributed by atoms with Crippen molar-refractivity contribution in [1.29, 1.82) is 0 Å². The van der Waals surface area contributed by atoms with E-state index in [1.54, 1.807) is 30.5 Å². The lowest BCUT2D eigenvalue weighted by Crippen LogP contribution is -2.79. The molecule has 2 aliphatic rings. The van der Waals surface area contributed by atoms with Crippen LogP contribution in [0.15, 0.2) is 186 Å². The standard InChI is InChI=1S/C41H29N3O2SSi/c45-47(46,33-15-12-28-42-29-33)32-26-24-31(25-27-32)44-36-18-6-10-22-40(36)48(41-23-11-7-19-37(41)44)38-20-8-4-16-34(38)43(30-13-2-1-3-14-30)35-17-5-9-21-39(35)48/h1-29H. The van der Waals surface area contributed by atoms with E-state index in [4.69, 9.17) is 0 Å². The lowest BCUT2D eigenvalue weighted by molar-refractivity contribution is 0.595. The predicted molar refractivity (Wildman–Crippen MR) is 196 cm³/mol. The largest absolute Gasteiger partial charge is 0.311 e. The molecular formula is C41H29N3O2SSi. The summed E-state index contributed by atoms with van der Waals surface area (Å²) in [6, 6.07) is 56.3. The summed E-state index contributed by atoms with van der Waals surface area (Å²) >= 11 is 0. The van der Waals surface area contributed by atoms with Crippen LogP contribution in [-0.4, -0.2) is 21.5 Å². The quantitative estimate of drug-likeness (QED) is 0.194. The van der Waals surface area contributed by atoms with Crippen molar-refractivity contribution in [2.24, 2.45) is 0 Å². The monoisotopic (exact) mass is 655 g/mol. The van der Waals surface area contributed by atoms with Gasteiger partial charge in [-0.1, -0.05) is 91.0 Å². The van der Waals surface area contributed by atoms with Gasteiger partial charge < -0.3 is 9.80 Å². The molecule has 0 unspecified atom stereocenters. The van der Waals surface area contributed by atoms with E-state index in [-0.39, 0.29) is 9.79 Å². The first-order valence-corrected chi connectivity index (χ1v) is 19.4. The Labute approximate surface area is 281 Å². The number of fused-ring (bicyclic) bond motifs is 8. The van der Waals surface area contributed by atoms with Crippen molar-refractivity contribution in [3.63, 3.8) is 0 Å². The van der Waals surface area contributed by atoms with E-state index in [0.29, 0.717) is 0 Å². The molecule has 0 aliphatic carbocycles. The average Bonchev–Trinajstić information content (AvgIpc) is 3.15. The summed E-state index contributed by atoms with van der Waals surface area (Å²) in [5.74, 6) is 0. The fourth-order valence-corrected chi connectivity index (χ4v) is 14.3. The second-order valence-electron chi connectivity index (χ2n) is 12.0. The molecule has 2 aliphatic heterocycles. The molecule has 0 saturated heterocycles. The first-order chi connectivity index (χ1) is 23.6. The van der Waals surface area contributed by atoms with E-state index in [1.165, 1.54) is 38.3 Å². The maximum Gasteiger partial charge on any atom is 0.208 e. The number of benzene rings is 6. The normalized spacial score (nSPS) is 14.1. The number of pyridine rings is 1. The van der Waals surface area contributed by atoms with Crippen molar-refractivity contribution in [2.75, 3.05) is 9.80 Å². The Balaban J connectivity index is 1.29. The summed E-state index contributed by atoms with van der Waals surface area (Å²) in [6.07, 6.45) is 2.97. The van der Waals surface area contributed by atoms with Crippen LogP contribution in [0.5, 0.6) is 0 Å². The third-order valence-electron chi connectivity index (χ3n) is 9.56. The molecular weight excluding hydrogens is 627 g/mol. The Bertz CT molecular complexity index is 2340. The second kappa shape index (κ2) is 10.9. The molecule has 5 nitrogen and oxygen atoms in total. The minimum atomic E-state index is -3.70. The second-order valence-corrected chi connectivity index (χ2v) is 17.6. The van der Waals surface area contributed by atoms with Gasteiger partial charge in [0.1, 0.15) is 0 Å². The van der Waals surface area contributed by atoms with Crippen LogP contribution in [0.3, 0.4) is 0 Å². The summed E-state index contributed by atoms with van der Waals surface area (Å²) in [5, 5.41) is 5.27. The lowest BCUT2D eigenvalue weighted by atomic mass is 10.1. The molecule has 6 aromatic carbocycles. The number of anilines is 6. The van der Waals surface area contributed by atoms with Crippen molar-refractivity contribution in [2.45, 2.75) is 9.79 Å². The number of aromatic nitrogens is 1. The fraction of sp³-hybridized carbons (Fsp3) is 0. The number of nitrogens with zero attached hydrogens (tertiary/aromatic N) is 3. The zero-order valence-electron chi connectivity index (χ0n) is 25.8. The highest BCUT2D eigenvalue weighted by Gasteiger charge is 2.53. The van der Waals surface area contributed by atoms with Gasteiger partial charge in [-0.15, -0.1) is 0 Å². The Morgan fingerprint density at radius 1 is 0.417 bits per heavy atom. The molecule has 3 heterocycles. The molecule has 7 aromatic rings. The Morgan fingerprint density at radius 2 is 0.833 bits per heavy atom. The highest BCUT2D eigenvalue weighted by Crippen LogP contribution is 2.43. The number of sulfone groups is 1. The first-order valence-electron chi connectivity index (χ1n) is 15.9. The zero-order chi connectivity index (χ0) is 32.3. The molecule has 0 bridgehead atoms. The molecule has 48 heavy (non-hydrogen) atoms.